The Bertz CT molecular complexity index is 278. The van der Waals surface area contributed by atoms with Crippen LogP contribution >= 0.6 is 0 Å². The zero-order valence-electron chi connectivity index (χ0n) is 7.02. The number of fused-ring (bicyclic) bond motifs is 1. The van der Waals surface area contributed by atoms with Gasteiger partial charge in [-0.15, -0.1) is 0 Å². The predicted octanol–water partition coefficient (Wildman–Crippen LogP) is 2.52. The second-order valence-corrected chi connectivity index (χ2v) is 3.37. The monoisotopic (exact) mass is 147 g/mol. The fraction of sp³-hybridized carbons (Fsp3) is 0.400. The van der Waals surface area contributed by atoms with Gasteiger partial charge in [0.05, 0.1) is 0 Å². The van der Waals surface area contributed by atoms with Crippen LogP contribution in [0.3, 0.4) is 0 Å². The molecule has 1 aromatic carbocycles. The highest BCUT2D eigenvalue weighted by Gasteiger charge is 2.16. The van der Waals surface area contributed by atoms with Crippen LogP contribution < -0.4 is 5.32 Å². The molecule has 0 saturated heterocycles. The zero-order chi connectivity index (χ0) is 7.84. The molecular weight excluding hydrogens is 134 g/mol. The standard InChI is InChI=1S/C10H13N/c1-7-3-4-10-9(5-7)8(2)6-11-10/h3-5,8,11H,6H2,1-2H3/t8-/m0/s1. The smallest absolute Gasteiger partial charge is 0.0376 e. The molecule has 1 atom stereocenters. The second-order valence-electron chi connectivity index (χ2n) is 3.37. The summed E-state index contributed by atoms with van der Waals surface area (Å²) in [6.45, 7) is 5.50. The lowest BCUT2D eigenvalue weighted by Crippen LogP contribution is -1.95. The summed E-state index contributed by atoms with van der Waals surface area (Å²) in [5.74, 6) is 0.685. The van der Waals surface area contributed by atoms with Crippen molar-refractivity contribution in [1.82, 2.24) is 0 Å². The quantitative estimate of drug-likeness (QED) is 0.594. The molecule has 1 nitrogen and oxygen atoms in total. The van der Waals surface area contributed by atoms with E-state index in [2.05, 4.69) is 37.4 Å². The van der Waals surface area contributed by atoms with Gasteiger partial charge in [-0.25, -0.2) is 0 Å². The molecule has 0 bridgehead atoms. The molecule has 1 N–H and O–H groups in total. The Morgan fingerprint density at radius 3 is 3.09 bits per heavy atom. The van der Waals surface area contributed by atoms with Crippen molar-refractivity contribution >= 4 is 5.69 Å². The third-order valence-corrected chi connectivity index (χ3v) is 2.34. The number of aryl methyl sites for hydroxylation is 1. The maximum absolute atomic E-state index is 3.38. The molecule has 0 aliphatic carbocycles. The number of anilines is 1. The van der Waals surface area contributed by atoms with Gasteiger partial charge < -0.3 is 5.32 Å². The molecule has 0 aromatic heterocycles. The Hall–Kier alpha value is -0.980. The first kappa shape index (κ1) is 6.71. The van der Waals surface area contributed by atoms with Crippen molar-refractivity contribution in [3.63, 3.8) is 0 Å². The summed E-state index contributed by atoms with van der Waals surface area (Å²) in [6, 6.07) is 6.61. The Balaban J connectivity index is 2.52. The summed E-state index contributed by atoms with van der Waals surface area (Å²) in [5, 5.41) is 3.38. The molecule has 0 spiro atoms. The zero-order valence-corrected chi connectivity index (χ0v) is 7.02. The van der Waals surface area contributed by atoms with Gasteiger partial charge in [-0.1, -0.05) is 24.6 Å². The molecule has 0 saturated carbocycles. The van der Waals surface area contributed by atoms with E-state index >= 15 is 0 Å². The largest absolute Gasteiger partial charge is 0.384 e. The first-order valence-electron chi connectivity index (χ1n) is 4.12. The van der Waals surface area contributed by atoms with Crippen molar-refractivity contribution in [1.29, 1.82) is 0 Å². The van der Waals surface area contributed by atoms with Gasteiger partial charge in [-0.05, 0) is 18.6 Å². The van der Waals surface area contributed by atoms with E-state index in [0.29, 0.717) is 5.92 Å². The predicted molar refractivity (Wildman–Crippen MR) is 48.1 cm³/mol. The van der Waals surface area contributed by atoms with Crippen molar-refractivity contribution in [2.45, 2.75) is 19.8 Å². The molecule has 0 radical (unpaired) electrons. The summed E-state index contributed by atoms with van der Waals surface area (Å²) in [6.07, 6.45) is 0. The van der Waals surface area contributed by atoms with Crippen LogP contribution in [0.4, 0.5) is 5.69 Å². The van der Waals surface area contributed by atoms with Crippen LogP contribution in [0.2, 0.25) is 0 Å². The minimum absolute atomic E-state index is 0.685. The van der Waals surface area contributed by atoms with Crippen LogP contribution in [-0.2, 0) is 0 Å². The van der Waals surface area contributed by atoms with Crippen molar-refractivity contribution in [3.8, 4) is 0 Å². The number of hydrogen-bond acceptors (Lipinski definition) is 1. The molecule has 1 aliphatic heterocycles. The SMILES string of the molecule is Cc1ccc2c(c1)[C@@H](C)CN2. The van der Waals surface area contributed by atoms with E-state index in [-0.39, 0.29) is 0 Å². The Labute approximate surface area is 67.4 Å². The Morgan fingerprint density at radius 1 is 1.45 bits per heavy atom. The van der Waals surface area contributed by atoms with E-state index in [9.17, 15) is 0 Å². The minimum atomic E-state index is 0.685. The molecule has 58 valence electrons. The maximum Gasteiger partial charge on any atom is 0.0376 e. The summed E-state index contributed by atoms with van der Waals surface area (Å²) >= 11 is 0. The third-order valence-electron chi connectivity index (χ3n) is 2.34. The molecule has 0 fully saturated rings. The van der Waals surface area contributed by atoms with E-state index in [0.717, 1.165) is 6.54 Å². The van der Waals surface area contributed by atoms with E-state index in [4.69, 9.17) is 0 Å². The number of nitrogens with one attached hydrogen (secondary N) is 1. The summed E-state index contributed by atoms with van der Waals surface area (Å²) in [5.41, 5.74) is 4.16. The van der Waals surface area contributed by atoms with Gasteiger partial charge in [0.1, 0.15) is 0 Å². The van der Waals surface area contributed by atoms with Crippen molar-refractivity contribution < 1.29 is 0 Å². The van der Waals surface area contributed by atoms with Gasteiger partial charge in [0, 0.05) is 18.2 Å². The van der Waals surface area contributed by atoms with Gasteiger partial charge in [-0.2, -0.15) is 0 Å². The van der Waals surface area contributed by atoms with Crippen LogP contribution in [0.25, 0.3) is 0 Å². The molecule has 1 aromatic rings. The van der Waals surface area contributed by atoms with E-state index in [1.165, 1.54) is 16.8 Å². The highest BCUT2D eigenvalue weighted by molar-refractivity contribution is 5.58. The number of rotatable bonds is 0. The van der Waals surface area contributed by atoms with E-state index < -0.39 is 0 Å². The average Bonchev–Trinajstić information content (AvgIpc) is 2.33. The normalized spacial score (nSPS) is 21.1. The van der Waals surface area contributed by atoms with Crippen molar-refractivity contribution in [3.05, 3.63) is 29.3 Å². The fourth-order valence-electron chi connectivity index (χ4n) is 1.62. The van der Waals surface area contributed by atoms with Gasteiger partial charge in [0.25, 0.3) is 0 Å². The average molecular weight is 147 g/mol. The lowest BCUT2D eigenvalue weighted by molar-refractivity contribution is 0.853. The first-order chi connectivity index (χ1) is 5.27. The lowest BCUT2D eigenvalue weighted by Gasteiger charge is -2.02. The molecular formula is C10H13N. The molecule has 2 rings (SSSR count). The maximum atomic E-state index is 3.38. The van der Waals surface area contributed by atoms with Crippen LogP contribution in [0.1, 0.15) is 24.0 Å². The van der Waals surface area contributed by atoms with Crippen LogP contribution in [-0.4, -0.2) is 6.54 Å². The van der Waals surface area contributed by atoms with Crippen LogP contribution in [0.15, 0.2) is 18.2 Å². The number of hydrogen-bond donors (Lipinski definition) is 1. The third kappa shape index (κ3) is 1.01. The van der Waals surface area contributed by atoms with Crippen molar-refractivity contribution in [2.24, 2.45) is 0 Å². The molecule has 0 unspecified atom stereocenters. The summed E-state index contributed by atoms with van der Waals surface area (Å²) < 4.78 is 0. The number of benzene rings is 1. The van der Waals surface area contributed by atoms with E-state index in [1.807, 2.05) is 0 Å². The lowest BCUT2D eigenvalue weighted by atomic mass is 10.0. The first-order valence-corrected chi connectivity index (χ1v) is 4.12. The van der Waals surface area contributed by atoms with Gasteiger partial charge in [0.15, 0.2) is 0 Å². The highest BCUT2D eigenvalue weighted by Crippen LogP contribution is 2.31. The highest BCUT2D eigenvalue weighted by atomic mass is 14.9. The molecule has 1 aliphatic rings. The Morgan fingerprint density at radius 2 is 2.27 bits per heavy atom. The summed E-state index contributed by atoms with van der Waals surface area (Å²) in [4.78, 5) is 0. The molecule has 1 heterocycles. The van der Waals surface area contributed by atoms with E-state index in [1.54, 1.807) is 0 Å². The Kier molecular flexibility index (Phi) is 1.38. The molecule has 1 heteroatoms. The second kappa shape index (κ2) is 2.26. The molecule has 11 heavy (non-hydrogen) atoms. The van der Waals surface area contributed by atoms with Crippen LogP contribution in [0.5, 0.6) is 0 Å². The molecule has 0 amide bonds. The minimum Gasteiger partial charge on any atom is -0.384 e. The fourth-order valence-corrected chi connectivity index (χ4v) is 1.62. The van der Waals surface area contributed by atoms with Gasteiger partial charge in [-0.3, -0.25) is 0 Å². The topological polar surface area (TPSA) is 12.0 Å². The van der Waals surface area contributed by atoms with Gasteiger partial charge >= 0.3 is 0 Å². The van der Waals surface area contributed by atoms with Gasteiger partial charge in [0.2, 0.25) is 0 Å². The summed E-state index contributed by atoms with van der Waals surface area (Å²) in [7, 11) is 0. The van der Waals surface area contributed by atoms with Crippen LogP contribution in [0, 0.1) is 6.92 Å². The van der Waals surface area contributed by atoms with Crippen molar-refractivity contribution in [2.75, 3.05) is 11.9 Å².